The lowest BCUT2D eigenvalue weighted by molar-refractivity contribution is -0.0560. The monoisotopic (exact) mass is 429 g/mol. The van der Waals surface area contributed by atoms with E-state index in [1.54, 1.807) is 42.1 Å². The second kappa shape index (κ2) is 8.29. The number of hydrogen-bond acceptors (Lipinski definition) is 5. The molecule has 1 saturated heterocycles. The van der Waals surface area contributed by atoms with Gasteiger partial charge in [-0.05, 0) is 31.5 Å². The van der Waals surface area contributed by atoms with Crippen LogP contribution in [0.15, 0.2) is 43.0 Å². The zero-order chi connectivity index (χ0) is 22.0. The molecule has 8 nitrogen and oxygen atoms in total. The number of halogens is 2. The van der Waals surface area contributed by atoms with Crippen molar-refractivity contribution < 1.29 is 23.1 Å². The van der Waals surface area contributed by atoms with Crippen molar-refractivity contribution in [1.29, 1.82) is 0 Å². The summed E-state index contributed by atoms with van der Waals surface area (Å²) in [6.07, 6.45) is 5.73. The zero-order valence-corrected chi connectivity index (χ0v) is 16.8. The number of pyridine rings is 2. The van der Waals surface area contributed by atoms with Crippen molar-refractivity contribution in [2.45, 2.75) is 25.7 Å². The van der Waals surface area contributed by atoms with Gasteiger partial charge in [0, 0.05) is 30.7 Å². The minimum Gasteiger partial charge on any atom is -0.450 e. The van der Waals surface area contributed by atoms with Crippen LogP contribution >= 0.6 is 0 Å². The van der Waals surface area contributed by atoms with Gasteiger partial charge in [0.15, 0.2) is 0 Å². The third-order valence-electron chi connectivity index (χ3n) is 4.98. The average molecular weight is 429 g/mol. The van der Waals surface area contributed by atoms with Gasteiger partial charge in [0.25, 0.3) is 11.8 Å². The number of hydrogen-bond donors (Lipinski definition) is 1. The van der Waals surface area contributed by atoms with E-state index in [0.29, 0.717) is 29.0 Å². The Kier molecular flexibility index (Phi) is 5.53. The number of amides is 2. The number of carbonyl (C=O) groups excluding carboxylic acids is 2. The fraction of sp³-hybridized carbons (Fsp3) is 0.333. The Morgan fingerprint density at radius 1 is 1.26 bits per heavy atom. The molecule has 0 saturated carbocycles. The molecule has 1 aliphatic rings. The molecule has 3 aromatic rings. The van der Waals surface area contributed by atoms with Crippen LogP contribution in [0.1, 0.15) is 30.1 Å². The largest absolute Gasteiger partial charge is 0.450 e. The quantitative estimate of drug-likeness (QED) is 0.680. The van der Waals surface area contributed by atoms with E-state index in [9.17, 15) is 18.4 Å². The summed E-state index contributed by atoms with van der Waals surface area (Å²) >= 11 is 0. The third kappa shape index (κ3) is 4.47. The first-order valence-corrected chi connectivity index (χ1v) is 9.90. The average Bonchev–Trinajstić information content (AvgIpc) is 3.16. The van der Waals surface area contributed by atoms with Crippen molar-refractivity contribution in [3.05, 3.63) is 48.5 Å². The molecule has 0 aliphatic carbocycles. The van der Waals surface area contributed by atoms with Crippen LogP contribution in [0.2, 0.25) is 0 Å². The number of anilines is 1. The molecular weight excluding hydrogens is 408 g/mol. The molecule has 1 aliphatic heterocycles. The summed E-state index contributed by atoms with van der Waals surface area (Å²) in [5, 5.41) is 3.27. The predicted molar refractivity (Wildman–Crippen MR) is 110 cm³/mol. The first-order chi connectivity index (χ1) is 14.9. The molecule has 0 aromatic carbocycles. The topological polar surface area (TPSA) is 89.3 Å². The highest BCUT2D eigenvalue weighted by molar-refractivity contribution is 5.97. The van der Waals surface area contributed by atoms with Gasteiger partial charge in [-0.2, -0.15) is 0 Å². The number of alkyl halides is 2. The smallest absolute Gasteiger partial charge is 0.411 e. The maximum atomic E-state index is 13.7. The minimum absolute atomic E-state index is 0.199. The number of rotatable bonds is 4. The van der Waals surface area contributed by atoms with Crippen LogP contribution in [0.4, 0.5) is 19.3 Å². The molecule has 1 N–H and O–H groups in total. The summed E-state index contributed by atoms with van der Waals surface area (Å²) in [5.74, 6) is -3.31. The molecular formula is C21H21F2N5O3. The van der Waals surface area contributed by atoms with Gasteiger partial charge in [-0.25, -0.2) is 18.6 Å². The van der Waals surface area contributed by atoms with E-state index in [4.69, 9.17) is 4.74 Å². The molecule has 162 valence electrons. The van der Waals surface area contributed by atoms with Gasteiger partial charge in [0.1, 0.15) is 5.65 Å². The summed E-state index contributed by atoms with van der Waals surface area (Å²) < 4.78 is 34.0. The number of nitrogens with one attached hydrogen (secondary N) is 1. The van der Waals surface area contributed by atoms with E-state index >= 15 is 0 Å². The van der Waals surface area contributed by atoms with E-state index < -0.39 is 24.5 Å². The lowest BCUT2D eigenvalue weighted by Crippen LogP contribution is -2.45. The van der Waals surface area contributed by atoms with E-state index in [-0.39, 0.29) is 25.0 Å². The van der Waals surface area contributed by atoms with Gasteiger partial charge < -0.3 is 9.64 Å². The number of piperidine rings is 1. The van der Waals surface area contributed by atoms with Crippen LogP contribution in [0.3, 0.4) is 0 Å². The fourth-order valence-corrected chi connectivity index (χ4v) is 3.58. The molecule has 31 heavy (non-hydrogen) atoms. The number of aromatic nitrogens is 3. The maximum absolute atomic E-state index is 13.7. The third-order valence-corrected chi connectivity index (χ3v) is 4.98. The van der Waals surface area contributed by atoms with Gasteiger partial charge in [0.2, 0.25) is 0 Å². The highest BCUT2D eigenvalue weighted by Gasteiger charge is 2.37. The number of likely N-dealkylation sites (tertiary alicyclic amines) is 1. The van der Waals surface area contributed by atoms with Gasteiger partial charge in [-0.3, -0.25) is 19.7 Å². The van der Waals surface area contributed by atoms with Gasteiger partial charge in [-0.1, -0.05) is 0 Å². The number of nitrogens with zero attached hydrogens (tertiary/aromatic N) is 4. The minimum atomic E-state index is -2.86. The Morgan fingerprint density at radius 2 is 2.10 bits per heavy atom. The number of carbonyl (C=O) groups is 2. The molecule has 0 radical (unpaired) electrons. The normalized spacial score (nSPS) is 15.6. The molecule has 0 bridgehead atoms. The Bertz CT molecular complexity index is 1130. The zero-order valence-electron chi connectivity index (χ0n) is 16.8. The molecule has 2 amide bonds. The van der Waals surface area contributed by atoms with Crippen molar-refractivity contribution in [2.24, 2.45) is 0 Å². The summed E-state index contributed by atoms with van der Waals surface area (Å²) in [7, 11) is 0. The molecule has 0 unspecified atom stereocenters. The summed E-state index contributed by atoms with van der Waals surface area (Å²) in [6, 6.07) is 5.12. The highest BCUT2D eigenvalue weighted by Crippen LogP contribution is 2.28. The first kappa shape index (κ1) is 20.7. The van der Waals surface area contributed by atoms with Crippen molar-refractivity contribution in [3.8, 4) is 5.69 Å². The second-order valence-corrected chi connectivity index (χ2v) is 7.29. The van der Waals surface area contributed by atoms with Crippen molar-refractivity contribution >= 4 is 28.7 Å². The van der Waals surface area contributed by atoms with Crippen LogP contribution in [0, 0.1) is 0 Å². The van der Waals surface area contributed by atoms with Crippen LogP contribution in [-0.4, -0.2) is 57.1 Å². The van der Waals surface area contributed by atoms with Gasteiger partial charge in [0.05, 0.1) is 42.5 Å². The van der Waals surface area contributed by atoms with Crippen LogP contribution in [0.5, 0.6) is 0 Å². The summed E-state index contributed by atoms with van der Waals surface area (Å²) in [6.45, 7) is 1.69. The highest BCUT2D eigenvalue weighted by atomic mass is 19.3. The van der Waals surface area contributed by atoms with Crippen molar-refractivity contribution in [1.82, 2.24) is 19.4 Å². The van der Waals surface area contributed by atoms with E-state index in [0.717, 1.165) is 0 Å². The Morgan fingerprint density at radius 3 is 2.87 bits per heavy atom. The molecule has 0 atom stereocenters. The van der Waals surface area contributed by atoms with Crippen molar-refractivity contribution in [3.63, 3.8) is 0 Å². The Hall–Kier alpha value is -3.56. The van der Waals surface area contributed by atoms with Crippen LogP contribution < -0.4 is 5.32 Å². The lowest BCUT2D eigenvalue weighted by Gasteiger charge is -2.32. The summed E-state index contributed by atoms with van der Waals surface area (Å²) in [5.41, 5.74) is 1.93. The maximum Gasteiger partial charge on any atom is 0.411 e. The molecule has 4 heterocycles. The Balaban J connectivity index is 1.58. The van der Waals surface area contributed by atoms with Gasteiger partial charge >= 0.3 is 6.09 Å². The Labute approximate surface area is 176 Å². The van der Waals surface area contributed by atoms with Crippen LogP contribution in [-0.2, 0) is 4.74 Å². The first-order valence-electron chi connectivity index (χ1n) is 9.90. The molecule has 1 fully saturated rings. The SMILES string of the molecule is CCOC(=O)Nc1cncc(-n2ccc3cc(C(=O)N4CCCC(F)(F)C4)cnc32)c1. The molecule has 3 aromatic heterocycles. The predicted octanol–water partition coefficient (Wildman–Crippen LogP) is 3.86. The second-order valence-electron chi connectivity index (χ2n) is 7.29. The van der Waals surface area contributed by atoms with Crippen molar-refractivity contribution in [2.75, 3.05) is 25.0 Å². The fourth-order valence-electron chi connectivity index (χ4n) is 3.58. The number of fused-ring (bicyclic) bond motifs is 1. The van der Waals surface area contributed by atoms with Crippen LogP contribution in [0.25, 0.3) is 16.7 Å². The molecule has 4 rings (SSSR count). The van der Waals surface area contributed by atoms with E-state index in [1.807, 2.05) is 0 Å². The number of ether oxygens (including phenoxy) is 1. The molecule has 0 spiro atoms. The summed E-state index contributed by atoms with van der Waals surface area (Å²) in [4.78, 5) is 34.0. The van der Waals surface area contributed by atoms with E-state index in [1.165, 1.54) is 17.3 Å². The standard InChI is InChI=1S/C21H21F2N5O3/c1-2-31-20(30)26-16-9-17(12-24-11-16)28-7-4-14-8-15(10-25-18(14)28)19(29)27-6-3-5-21(22,23)13-27/h4,7-12H,2-3,5-6,13H2,1H3,(H,26,30). The van der Waals surface area contributed by atoms with E-state index in [2.05, 4.69) is 15.3 Å². The lowest BCUT2D eigenvalue weighted by atomic mass is 10.1. The molecule has 10 heteroatoms. The van der Waals surface area contributed by atoms with Gasteiger partial charge in [-0.15, -0.1) is 0 Å².